The van der Waals surface area contributed by atoms with E-state index < -0.39 is 5.60 Å². The van der Waals surface area contributed by atoms with E-state index in [-0.39, 0.29) is 11.7 Å². The van der Waals surface area contributed by atoms with Gasteiger partial charge < -0.3 is 14.7 Å². The van der Waals surface area contributed by atoms with Gasteiger partial charge in [0.05, 0.1) is 0 Å². The fourth-order valence-corrected chi connectivity index (χ4v) is 1.52. The van der Waals surface area contributed by atoms with Crippen molar-refractivity contribution >= 4 is 5.91 Å². The average Bonchev–Trinajstić information content (AvgIpc) is 2.31. The third-order valence-corrected chi connectivity index (χ3v) is 2.77. The zero-order valence-corrected chi connectivity index (χ0v) is 10.7. The SMILES string of the molecule is COC(C)(C)C(=O)N(C)Cc1ccccc1O. The molecule has 0 aliphatic carbocycles. The number of likely N-dealkylation sites (N-methyl/N-ethyl adjacent to an activating group) is 1. The van der Waals surface area contributed by atoms with Crippen molar-refractivity contribution in [1.29, 1.82) is 0 Å². The van der Waals surface area contributed by atoms with Crippen LogP contribution >= 0.6 is 0 Å². The monoisotopic (exact) mass is 237 g/mol. The molecule has 0 aromatic heterocycles. The summed E-state index contributed by atoms with van der Waals surface area (Å²) in [7, 11) is 3.20. The Hall–Kier alpha value is -1.55. The molecule has 0 unspecified atom stereocenters. The molecule has 94 valence electrons. The van der Waals surface area contributed by atoms with E-state index in [0.717, 1.165) is 5.56 Å². The van der Waals surface area contributed by atoms with E-state index in [9.17, 15) is 9.90 Å². The molecule has 0 bridgehead atoms. The number of benzene rings is 1. The van der Waals surface area contributed by atoms with Crippen LogP contribution in [0.3, 0.4) is 0 Å². The number of hydrogen-bond acceptors (Lipinski definition) is 3. The van der Waals surface area contributed by atoms with Gasteiger partial charge in [-0.2, -0.15) is 0 Å². The molecule has 0 aliphatic heterocycles. The summed E-state index contributed by atoms with van der Waals surface area (Å²) in [5, 5.41) is 9.63. The van der Waals surface area contributed by atoms with Crippen LogP contribution in [-0.2, 0) is 16.1 Å². The molecule has 0 saturated heterocycles. The van der Waals surface area contributed by atoms with Crippen LogP contribution in [0.25, 0.3) is 0 Å². The number of nitrogens with zero attached hydrogens (tertiary/aromatic N) is 1. The molecule has 0 aliphatic rings. The summed E-state index contributed by atoms with van der Waals surface area (Å²) in [6.07, 6.45) is 0. The molecule has 1 aromatic carbocycles. The standard InChI is InChI=1S/C13H19NO3/c1-13(2,17-4)12(16)14(3)9-10-7-5-6-8-11(10)15/h5-8,15H,9H2,1-4H3. The number of phenols is 1. The van der Waals surface area contributed by atoms with Crippen LogP contribution in [-0.4, -0.2) is 35.7 Å². The Balaban J connectivity index is 2.77. The lowest BCUT2D eigenvalue weighted by Crippen LogP contribution is -2.44. The fourth-order valence-electron chi connectivity index (χ4n) is 1.52. The van der Waals surface area contributed by atoms with Crippen LogP contribution in [0.4, 0.5) is 0 Å². The fraction of sp³-hybridized carbons (Fsp3) is 0.462. The highest BCUT2D eigenvalue weighted by Crippen LogP contribution is 2.19. The molecular weight excluding hydrogens is 218 g/mol. The lowest BCUT2D eigenvalue weighted by molar-refractivity contribution is -0.150. The number of carbonyl (C=O) groups is 1. The van der Waals surface area contributed by atoms with Gasteiger partial charge in [0.2, 0.25) is 0 Å². The first-order chi connectivity index (χ1) is 7.88. The number of hydrogen-bond donors (Lipinski definition) is 1. The van der Waals surface area contributed by atoms with Gasteiger partial charge in [-0.15, -0.1) is 0 Å². The highest BCUT2D eigenvalue weighted by Gasteiger charge is 2.30. The van der Waals surface area contributed by atoms with Crippen LogP contribution in [0.2, 0.25) is 0 Å². The van der Waals surface area contributed by atoms with Gasteiger partial charge in [-0.25, -0.2) is 0 Å². The third kappa shape index (κ3) is 3.20. The number of rotatable bonds is 4. The van der Waals surface area contributed by atoms with E-state index in [1.54, 1.807) is 44.0 Å². The van der Waals surface area contributed by atoms with Crippen molar-refractivity contribution in [3.63, 3.8) is 0 Å². The van der Waals surface area contributed by atoms with Gasteiger partial charge >= 0.3 is 0 Å². The second kappa shape index (κ2) is 5.19. The maximum absolute atomic E-state index is 12.0. The van der Waals surface area contributed by atoms with Gasteiger partial charge in [-0.3, -0.25) is 4.79 Å². The largest absolute Gasteiger partial charge is 0.508 e. The molecule has 0 saturated carbocycles. The van der Waals surface area contributed by atoms with Crippen molar-refractivity contribution in [2.75, 3.05) is 14.2 Å². The third-order valence-electron chi connectivity index (χ3n) is 2.77. The second-order valence-electron chi connectivity index (χ2n) is 4.50. The Kier molecular flexibility index (Phi) is 4.12. The number of amides is 1. The molecular formula is C13H19NO3. The summed E-state index contributed by atoms with van der Waals surface area (Å²) in [4.78, 5) is 13.6. The minimum atomic E-state index is -0.848. The van der Waals surface area contributed by atoms with Crippen molar-refractivity contribution < 1.29 is 14.6 Å². The predicted molar refractivity (Wildman–Crippen MR) is 65.7 cm³/mol. The maximum Gasteiger partial charge on any atom is 0.254 e. The van der Waals surface area contributed by atoms with E-state index in [1.807, 2.05) is 6.07 Å². The van der Waals surface area contributed by atoms with Crippen molar-refractivity contribution in [2.24, 2.45) is 0 Å². The average molecular weight is 237 g/mol. The molecule has 4 nitrogen and oxygen atoms in total. The number of aromatic hydroxyl groups is 1. The van der Waals surface area contributed by atoms with Crippen LogP contribution in [0.5, 0.6) is 5.75 Å². The number of para-hydroxylation sites is 1. The lowest BCUT2D eigenvalue weighted by atomic mass is 10.1. The molecule has 0 spiro atoms. The van der Waals surface area contributed by atoms with Crippen molar-refractivity contribution in [2.45, 2.75) is 26.0 Å². The van der Waals surface area contributed by atoms with Crippen LogP contribution < -0.4 is 0 Å². The number of phenolic OH excluding ortho intramolecular Hbond substituents is 1. The van der Waals surface area contributed by atoms with Gasteiger partial charge in [-0.05, 0) is 19.9 Å². The molecule has 1 N–H and O–H groups in total. The minimum Gasteiger partial charge on any atom is -0.508 e. The summed E-state index contributed by atoms with van der Waals surface area (Å²) >= 11 is 0. The van der Waals surface area contributed by atoms with E-state index in [0.29, 0.717) is 6.54 Å². The Morgan fingerprint density at radius 3 is 2.53 bits per heavy atom. The molecule has 0 radical (unpaired) electrons. The Labute approximate surface area is 102 Å². The van der Waals surface area contributed by atoms with Crippen LogP contribution in [0.15, 0.2) is 24.3 Å². The van der Waals surface area contributed by atoms with Gasteiger partial charge in [0.1, 0.15) is 11.4 Å². The summed E-state index contributed by atoms with van der Waals surface area (Å²) in [6, 6.07) is 6.97. The van der Waals surface area contributed by atoms with Gasteiger partial charge in [0, 0.05) is 26.3 Å². The summed E-state index contributed by atoms with van der Waals surface area (Å²) in [6.45, 7) is 3.80. The zero-order chi connectivity index (χ0) is 13.1. The smallest absolute Gasteiger partial charge is 0.254 e. The normalized spacial score (nSPS) is 11.3. The Bertz CT molecular complexity index is 401. The van der Waals surface area contributed by atoms with Crippen LogP contribution in [0.1, 0.15) is 19.4 Å². The summed E-state index contributed by atoms with van der Waals surface area (Å²) < 4.78 is 5.13. The molecule has 0 fully saturated rings. The first kappa shape index (κ1) is 13.5. The van der Waals surface area contributed by atoms with E-state index in [1.165, 1.54) is 7.11 Å². The highest BCUT2D eigenvalue weighted by molar-refractivity contribution is 5.84. The summed E-state index contributed by atoms with van der Waals surface area (Å²) in [5.41, 5.74) is -0.130. The van der Waals surface area contributed by atoms with Gasteiger partial charge in [0.15, 0.2) is 0 Å². The van der Waals surface area contributed by atoms with E-state index in [4.69, 9.17) is 4.74 Å². The molecule has 1 aromatic rings. The molecule has 1 amide bonds. The second-order valence-corrected chi connectivity index (χ2v) is 4.50. The van der Waals surface area contributed by atoms with E-state index >= 15 is 0 Å². The number of carbonyl (C=O) groups excluding carboxylic acids is 1. The lowest BCUT2D eigenvalue weighted by Gasteiger charge is -2.28. The Morgan fingerprint density at radius 1 is 1.41 bits per heavy atom. The van der Waals surface area contributed by atoms with Gasteiger partial charge in [-0.1, -0.05) is 18.2 Å². The predicted octanol–water partition coefficient (Wildman–Crippen LogP) is 1.78. The topological polar surface area (TPSA) is 49.8 Å². The molecule has 0 atom stereocenters. The molecule has 1 rings (SSSR count). The Morgan fingerprint density at radius 2 is 2.00 bits per heavy atom. The quantitative estimate of drug-likeness (QED) is 0.868. The van der Waals surface area contributed by atoms with E-state index in [2.05, 4.69) is 0 Å². The van der Waals surface area contributed by atoms with Gasteiger partial charge in [0.25, 0.3) is 5.91 Å². The molecule has 17 heavy (non-hydrogen) atoms. The van der Waals surface area contributed by atoms with Crippen molar-refractivity contribution in [3.8, 4) is 5.75 Å². The maximum atomic E-state index is 12.0. The minimum absolute atomic E-state index is 0.122. The summed E-state index contributed by atoms with van der Waals surface area (Å²) in [5.74, 6) is 0.0747. The van der Waals surface area contributed by atoms with Crippen molar-refractivity contribution in [1.82, 2.24) is 4.90 Å². The zero-order valence-electron chi connectivity index (χ0n) is 10.7. The number of ether oxygens (including phenoxy) is 1. The van der Waals surface area contributed by atoms with Crippen LogP contribution in [0, 0.1) is 0 Å². The first-order valence-corrected chi connectivity index (χ1v) is 5.46. The highest BCUT2D eigenvalue weighted by atomic mass is 16.5. The number of methoxy groups -OCH3 is 1. The molecule has 0 heterocycles. The molecule has 4 heteroatoms. The van der Waals surface area contributed by atoms with Crippen molar-refractivity contribution in [3.05, 3.63) is 29.8 Å². The first-order valence-electron chi connectivity index (χ1n) is 5.46.